The van der Waals surface area contributed by atoms with E-state index in [4.69, 9.17) is 16.3 Å². The third-order valence-corrected chi connectivity index (χ3v) is 5.03. The Bertz CT molecular complexity index is 463. The van der Waals surface area contributed by atoms with Crippen molar-refractivity contribution in [2.24, 2.45) is 0 Å². The maximum absolute atomic E-state index is 9.44. The molecule has 136 valence electrons. The number of nitrogens with zero attached hydrogens (tertiary/aromatic N) is 1. The average Bonchev–Trinajstić information content (AvgIpc) is 2.66. The van der Waals surface area contributed by atoms with Crippen LogP contribution in [0.5, 0.6) is 0 Å². The highest BCUT2D eigenvalue weighted by molar-refractivity contribution is 6.30. The fraction of sp³-hybridized carbons (Fsp3) is 0.684. The highest BCUT2D eigenvalue weighted by Crippen LogP contribution is 2.23. The van der Waals surface area contributed by atoms with Gasteiger partial charge in [-0.05, 0) is 50.0 Å². The van der Waals surface area contributed by atoms with Crippen molar-refractivity contribution in [1.82, 2.24) is 10.2 Å². The standard InChI is InChI=1S/C17H25ClN2O2.C2H6/c18-14-3-1-13(2-4-14)9-16-12-22-17(11-21)10-20(16)15-5-7-19-8-6-15;1-2/h1-4,15-17,19,21H,5-12H2;1-2H3. The number of aliphatic hydroxyl groups is 1. The number of hydrogen-bond acceptors (Lipinski definition) is 4. The summed E-state index contributed by atoms with van der Waals surface area (Å²) in [6, 6.07) is 9.07. The first kappa shape index (κ1) is 19.7. The van der Waals surface area contributed by atoms with Crippen LogP contribution in [0, 0.1) is 0 Å². The molecule has 2 heterocycles. The molecule has 24 heavy (non-hydrogen) atoms. The van der Waals surface area contributed by atoms with Gasteiger partial charge in [0.2, 0.25) is 0 Å². The van der Waals surface area contributed by atoms with E-state index < -0.39 is 0 Å². The fourth-order valence-corrected chi connectivity index (χ4v) is 3.67. The molecule has 0 spiro atoms. The van der Waals surface area contributed by atoms with Gasteiger partial charge in [0, 0.05) is 23.7 Å². The summed E-state index contributed by atoms with van der Waals surface area (Å²) in [4.78, 5) is 2.57. The number of piperidine rings is 1. The van der Waals surface area contributed by atoms with Crippen LogP contribution in [0.1, 0.15) is 32.3 Å². The minimum atomic E-state index is -0.0450. The van der Waals surface area contributed by atoms with E-state index in [9.17, 15) is 5.11 Å². The summed E-state index contributed by atoms with van der Waals surface area (Å²) in [6.07, 6.45) is 3.28. The van der Waals surface area contributed by atoms with Crippen molar-refractivity contribution in [2.75, 3.05) is 32.8 Å². The summed E-state index contributed by atoms with van der Waals surface area (Å²) < 4.78 is 5.82. The first-order valence-electron chi connectivity index (χ1n) is 9.19. The van der Waals surface area contributed by atoms with Crippen molar-refractivity contribution in [3.05, 3.63) is 34.9 Å². The van der Waals surface area contributed by atoms with E-state index in [1.54, 1.807) is 0 Å². The Labute approximate surface area is 151 Å². The summed E-state index contributed by atoms with van der Waals surface area (Å²) in [5.41, 5.74) is 1.29. The molecule has 2 fully saturated rings. The molecule has 2 aliphatic rings. The molecule has 0 aliphatic carbocycles. The number of aliphatic hydroxyl groups excluding tert-OH is 1. The Kier molecular flexibility index (Phi) is 8.50. The lowest BCUT2D eigenvalue weighted by atomic mass is 9.97. The molecule has 0 bridgehead atoms. The normalized spacial score (nSPS) is 25.8. The van der Waals surface area contributed by atoms with Crippen LogP contribution in [0.3, 0.4) is 0 Å². The van der Waals surface area contributed by atoms with E-state index in [0.717, 1.165) is 31.1 Å². The van der Waals surface area contributed by atoms with Gasteiger partial charge in [-0.15, -0.1) is 0 Å². The van der Waals surface area contributed by atoms with Crippen LogP contribution >= 0.6 is 11.6 Å². The van der Waals surface area contributed by atoms with Gasteiger partial charge in [-0.3, -0.25) is 4.90 Å². The monoisotopic (exact) mass is 354 g/mol. The van der Waals surface area contributed by atoms with Crippen molar-refractivity contribution >= 4 is 11.6 Å². The Hall–Kier alpha value is -0.650. The average molecular weight is 355 g/mol. The third-order valence-electron chi connectivity index (χ3n) is 4.77. The summed E-state index contributed by atoms with van der Waals surface area (Å²) in [6.45, 7) is 7.80. The second-order valence-electron chi connectivity index (χ2n) is 6.30. The van der Waals surface area contributed by atoms with Crippen LogP contribution in [0.2, 0.25) is 5.02 Å². The molecule has 0 radical (unpaired) electrons. The van der Waals surface area contributed by atoms with Crippen LogP contribution < -0.4 is 5.32 Å². The molecule has 1 aromatic rings. The number of rotatable bonds is 4. The SMILES string of the molecule is CC.OCC1CN(C2CCNCC2)C(Cc2ccc(Cl)cc2)CO1. The molecule has 2 N–H and O–H groups in total. The van der Waals surface area contributed by atoms with Crippen LogP contribution in [0.4, 0.5) is 0 Å². The van der Waals surface area contributed by atoms with Gasteiger partial charge in [-0.2, -0.15) is 0 Å². The molecular weight excluding hydrogens is 324 g/mol. The minimum Gasteiger partial charge on any atom is -0.394 e. The molecule has 5 heteroatoms. The van der Waals surface area contributed by atoms with Crippen LogP contribution in [0.25, 0.3) is 0 Å². The van der Waals surface area contributed by atoms with Gasteiger partial charge in [0.25, 0.3) is 0 Å². The summed E-state index contributed by atoms with van der Waals surface area (Å²) in [5.74, 6) is 0. The number of benzene rings is 1. The largest absolute Gasteiger partial charge is 0.394 e. The first-order chi connectivity index (χ1) is 11.8. The van der Waals surface area contributed by atoms with Gasteiger partial charge in [0.05, 0.1) is 19.3 Å². The first-order valence-corrected chi connectivity index (χ1v) is 9.57. The van der Waals surface area contributed by atoms with E-state index >= 15 is 0 Å². The molecule has 2 aliphatic heterocycles. The van der Waals surface area contributed by atoms with Gasteiger partial charge >= 0.3 is 0 Å². The highest BCUT2D eigenvalue weighted by atomic mass is 35.5. The molecule has 0 amide bonds. The zero-order chi connectivity index (χ0) is 17.4. The van der Waals surface area contributed by atoms with Gasteiger partial charge in [-0.1, -0.05) is 37.6 Å². The van der Waals surface area contributed by atoms with Crippen molar-refractivity contribution in [1.29, 1.82) is 0 Å². The molecule has 2 saturated heterocycles. The second-order valence-corrected chi connectivity index (χ2v) is 6.74. The topological polar surface area (TPSA) is 44.7 Å². The van der Waals surface area contributed by atoms with Gasteiger partial charge < -0.3 is 15.2 Å². The van der Waals surface area contributed by atoms with Gasteiger partial charge in [-0.25, -0.2) is 0 Å². The predicted octanol–water partition coefficient (Wildman–Crippen LogP) is 2.72. The Morgan fingerprint density at radius 2 is 1.88 bits per heavy atom. The Morgan fingerprint density at radius 1 is 1.21 bits per heavy atom. The summed E-state index contributed by atoms with van der Waals surface area (Å²) in [7, 11) is 0. The lowest BCUT2D eigenvalue weighted by molar-refractivity contribution is -0.0985. The minimum absolute atomic E-state index is 0.0450. The number of morpholine rings is 1. The summed E-state index contributed by atoms with van der Waals surface area (Å²) in [5, 5.41) is 13.6. The van der Waals surface area contributed by atoms with E-state index in [1.165, 1.54) is 18.4 Å². The molecule has 2 unspecified atom stereocenters. The maximum atomic E-state index is 9.44. The molecule has 3 rings (SSSR count). The van der Waals surface area contributed by atoms with Crippen LogP contribution in [-0.2, 0) is 11.2 Å². The van der Waals surface area contributed by atoms with Crippen LogP contribution in [-0.4, -0.2) is 61.0 Å². The Morgan fingerprint density at radius 3 is 2.50 bits per heavy atom. The Balaban J connectivity index is 0.00000100. The molecule has 2 atom stereocenters. The van der Waals surface area contributed by atoms with Crippen LogP contribution in [0.15, 0.2) is 24.3 Å². The van der Waals surface area contributed by atoms with Crippen molar-refractivity contribution in [2.45, 2.75) is 51.3 Å². The van der Waals surface area contributed by atoms with E-state index in [0.29, 0.717) is 18.7 Å². The quantitative estimate of drug-likeness (QED) is 0.872. The van der Waals surface area contributed by atoms with Crippen molar-refractivity contribution in [3.63, 3.8) is 0 Å². The van der Waals surface area contributed by atoms with Crippen molar-refractivity contribution < 1.29 is 9.84 Å². The van der Waals surface area contributed by atoms with Gasteiger partial charge in [0.1, 0.15) is 0 Å². The highest BCUT2D eigenvalue weighted by Gasteiger charge is 2.33. The molecule has 0 saturated carbocycles. The van der Waals surface area contributed by atoms with Gasteiger partial charge in [0.15, 0.2) is 0 Å². The predicted molar refractivity (Wildman–Crippen MR) is 99.7 cm³/mol. The molecule has 1 aromatic carbocycles. The lowest BCUT2D eigenvalue weighted by Gasteiger charge is -2.45. The zero-order valence-corrected chi connectivity index (χ0v) is 15.6. The number of ether oxygens (including phenoxy) is 1. The maximum Gasteiger partial charge on any atom is 0.0933 e. The summed E-state index contributed by atoms with van der Waals surface area (Å²) >= 11 is 5.97. The van der Waals surface area contributed by atoms with Crippen molar-refractivity contribution in [3.8, 4) is 0 Å². The number of nitrogens with one attached hydrogen (secondary N) is 1. The molecule has 0 aromatic heterocycles. The lowest BCUT2D eigenvalue weighted by Crippen LogP contribution is -2.57. The molecular formula is C19H31ClN2O2. The third kappa shape index (κ3) is 5.43. The zero-order valence-electron chi connectivity index (χ0n) is 14.9. The fourth-order valence-electron chi connectivity index (χ4n) is 3.54. The van der Waals surface area contributed by atoms with E-state index in [1.807, 2.05) is 26.0 Å². The van der Waals surface area contributed by atoms with E-state index in [2.05, 4.69) is 22.3 Å². The smallest absolute Gasteiger partial charge is 0.0933 e. The molecule has 4 nitrogen and oxygen atoms in total. The van der Waals surface area contributed by atoms with E-state index in [-0.39, 0.29) is 12.7 Å². The number of halogens is 1. The number of hydrogen-bond donors (Lipinski definition) is 2. The second kappa shape index (κ2) is 10.4.